The highest BCUT2D eigenvalue weighted by molar-refractivity contribution is 5.85. The van der Waals surface area contributed by atoms with Crippen molar-refractivity contribution < 1.29 is 4.42 Å². The van der Waals surface area contributed by atoms with E-state index < -0.39 is 0 Å². The fourth-order valence-electron chi connectivity index (χ4n) is 2.63. The number of fused-ring (bicyclic) bond motifs is 1. The first-order valence-electron chi connectivity index (χ1n) is 6.91. The SMILES string of the molecule is CCNC(c1occc1C)c1cccc2cnccc12. The van der Waals surface area contributed by atoms with Crippen LogP contribution in [-0.2, 0) is 0 Å². The van der Waals surface area contributed by atoms with Crippen molar-refractivity contribution in [3.63, 3.8) is 0 Å². The molecule has 1 unspecified atom stereocenters. The predicted octanol–water partition coefficient (Wildman–Crippen LogP) is 3.84. The molecule has 3 heteroatoms. The van der Waals surface area contributed by atoms with Crippen molar-refractivity contribution in [3.05, 3.63) is 65.9 Å². The number of rotatable bonds is 4. The average Bonchev–Trinajstić information content (AvgIpc) is 2.90. The molecule has 0 bridgehead atoms. The molecule has 2 aromatic heterocycles. The molecule has 2 heterocycles. The zero-order chi connectivity index (χ0) is 13.9. The minimum atomic E-state index is 0.0705. The lowest BCUT2D eigenvalue weighted by atomic mass is 9.97. The zero-order valence-corrected chi connectivity index (χ0v) is 11.8. The van der Waals surface area contributed by atoms with E-state index in [1.807, 2.05) is 18.5 Å². The second kappa shape index (κ2) is 5.47. The van der Waals surface area contributed by atoms with E-state index in [9.17, 15) is 0 Å². The summed E-state index contributed by atoms with van der Waals surface area (Å²) in [6.45, 7) is 5.07. The summed E-state index contributed by atoms with van der Waals surface area (Å²) >= 11 is 0. The van der Waals surface area contributed by atoms with Gasteiger partial charge in [-0.15, -0.1) is 0 Å². The lowest BCUT2D eigenvalue weighted by Crippen LogP contribution is -2.22. The molecule has 0 saturated heterocycles. The first kappa shape index (κ1) is 12.9. The van der Waals surface area contributed by atoms with Gasteiger partial charge >= 0.3 is 0 Å². The van der Waals surface area contributed by atoms with E-state index in [0.29, 0.717) is 0 Å². The van der Waals surface area contributed by atoms with Gasteiger partial charge in [-0.25, -0.2) is 0 Å². The van der Waals surface area contributed by atoms with E-state index in [1.54, 1.807) is 6.26 Å². The van der Waals surface area contributed by atoms with E-state index in [4.69, 9.17) is 4.42 Å². The predicted molar refractivity (Wildman–Crippen MR) is 80.7 cm³/mol. The number of hydrogen-bond acceptors (Lipinski definition) is 3. The molecule has 0 spiro atoms. The quantitative estimate of drug-likeness (QED) is 0.779. The summed E-state index contributed by atoms with van der Waals surface area (Å²) < 4.78 is 5.70. The van der Waals surface area contributed by atoms with Crippen LogP contribution < -0.4 is 5.32 Å². The summed E-state index contributed by atoms with van der Waals surface area (Å²) in [5.41, 5.74) is 2.40. The zero-order valence-electron chi connectivity index (χ0n) is 11.8. The van der Waals surface area contributed by atoms with Crippen LogP contribution in [0.1, 0.15) is 29.9 Å². The first-order valence-corrected chi connectivity index (χ1v) is 6.91. The number of pyridine rings is 1. The Morgan fingerprint density at radius 1 is 1.25 bits per heavy atom. The van der Waals surface area contributed by atoms with Crippen molar-refractivity contribution >= 4 is 10.8 Å². The van der Waals surface area contributed by atoms with Gasteiger partial charge in [0.1, 0.15) is 5.76 Å². The molecule has 0 aliphatic carbocycles. The lowest BCUT2D eigenvalue weighted by molar-refractivity contribution is 0.450. The highest BCUT2D eigenvalue weighted by Gasteiger charge is 2.20. The monoisotopic (exact) mass is 266 g/mol. The van der Waals surface area contributed by atoms with Crippen molar-refractivity contribution in [1.82, 2.24) is 10.3 Å². The first-order chi connectivity index (χ1) is 9.81. The van der Waals surface area contributed by atoms with Crippen LogP contribution in [0.3, 0.4) is 0 Å². The fourth-order valence-corrected chi connectivity index (χ4v) is 2.63. The highest BCUT2D eigenvalue weighted by atomic mass is 16.3. The maximum atomic E-state index is 5.70. The smallest absolute Gasteiger partial charge is 0.128 e. The van der Waals surface area contributed by atoms with Gasteiger partial charge in [0, 0.05) is 17.8 Å². The third-order valence-corrected chi connectivity index (χ3v) is 3.60. The molecular formula is C17H18N2O. The van der Waals surface area contributed by atoms with E-state index in [-0.39, 0.29) is 6.04 Å². The molecular weight excluding hydrogens is 248 g/mol. The summed E-state index contributed by atoms with van der Waals surface area (Å²) in [6.07, 6.45) is 5.49. The Morgan fingerprint density at radius 2 is 2.15 bits per heavy atom. The van der Waals surface area contributed by atoms with Crippen LogP contribution >= 0.6 is 0 Å². The molecule has 3 nitrogen and oxygen atoms in total. The molecule has 1 aromatic carbocycles. The number of benzene rings is 1. The minimum absolute atomic E-state index is 0.0705. The second-order valence-corrected chi connectivity index (χ2v) is 4.90. The van der Waals surface area contributed by atoms with Crippen LogP contribution in [0.25, 0.3) is 10.8 Å². The maximum Gasteiger partial charge on any atom is 0.128 e. The van der Waals surface area contributed by atoms with Gasteiger partial charge in [-0.1, -0.05) is 25.1 Å². The Bertz CT molecular complexity index is 712. The number of nitrogens with one attached hydrogen (secondary N) is 1. The standard InChI is InChI=1S/C17H18N2O/c1-3-19-16(17-12(2)8-10-20-17)15-6-4-5-13-11-18-9-7-14(13)15/h4-11,16,19H,3H2,1-2H3. The van der Waals surface area contributed by atoms with E-state index in [2.05, 4.69) is 48.4 Å². The van der Waals surface area contributed by atoms with Gasteiger partial charge in [0.05, 0.1) is 12.3 Å². The van der Waals surface area contributed by atoms with E-state index >= 15 is 0 Å². The minimum Gasteiger partial charge on any atom is -0.467 e. The molecule has 0 aliphatic rings. The van der Waals surface area contributed by atoms with Crippen molar-refractivity contribution in [1.29, 1.82) is 0 Å². The van der Waals surface area contributed by atoms with Crippen molar-refractivity contribution in [3.8, 4) is 0 Å². The van der Waals surface area contributed by atoms with Gasteiger partial charge in [-0.05, 0) is 42.1 Å². The molecule has 3 aromatic rings. The normalized spacial score (nSPS) is 12.7. The molecule has 20 heavy (non-hydrogen) atoms. The fraction of sp³-hybridized carbons (Fsp3) is 0.235. The number of nitrogens with zero attached hydrogens (tertiary/aromatic N) is 1. The summed E-state index contributed by atoms with van der Waals surface area (Å²) in [7, 11) is 0. The Labute approximate surface area is 118 Å². The van der Waals surface area contributed by atoms with Gasteiger partial charge in [-0.2, -0.15) is 0 Å². The Hall–Kier alpha value is -2.13. The number of furan rings is 1. The lowest BCUT2D eigenvalue weighted by Gasteiger charge is -2.19. The summed E-state index contributed by atoms with van der Waals surface area (Å²) in [5, 5.41) is 5.88. The molecule has 3 rings (SSSR count). The van der Waals surface area contributed by atoms with Gasteiger partial charge in [0.15, 0.2) is 0 Å². The Morgan fingerprint density at radius 3 is 2.90 bits per heavy atom. The van der Waals surface area contributed by atoms with Gasteiger partial charge in [-0.3, -0.25) is 4.98 Å². The largest absolute Gasteiger partial charge is 0.467 e. The third-order valence-electron chi connectivity index (χ3n) is 3.60. The van der Waals surface area contributed by atoms with E-state index in [1.165, 1.54) is 16.5 Å². The Kier molecular flexibility index (Phi) is 3.52. The number of hydrogen-bond donors (Lipinski definition) is 1. The molecule has 0 amide bonds. The van der Waals surface area contributed by atoms with Gasteiger partial charge < -0.3 is 9.73 Å². The van der Waals surface area contributed by atoms with Crippen LogP contribution in [0.2, 0.25) is 0 Å². The van der Waals surface area contributed by atoms with Crippen LogP contribution in [0.5, 0.6) is 0 Å². The third kappa shape index (κ3) is 2.21. The molecule has 0 fully saturated rings. The number of aromatic nitrogens is 1. The molecule has 0 saturated carbocycles. The molecule has 102 valence electrons. The topological polar surface area (TPSA) is 38.1 Å². The van der Waals surface area contributed by atoms with Crippen molar-refractivity contribution in [2.24, 2.45) is 0 Å². The van der Waals surface area contributed by atoms with Crippen molar-refractivity contribution in [2.75, 3.05) is 6.54 Å². The van der Waals surface area contributed by atoms with Crippen LogP contribution in [0.15, 0.2) is 53.4 Å². The summed E-state index contributed by atoms with van der Waals surface area (Å²) in [6, 6.07) is 10.4. The number of aryl methyl sites for hydroxylation is 1. The molecule has 1 atom stereocenters. The molecule has 1 N–H and O–H groups in total. The summed E-state index contributed by atoms with van der Waals surface area (Å²) in [5.74, 6) is 0.983. The van der Waals surface area contributed by atoms with Gasteiger partial charge in [0.2, 0.25) is 0 Å². The molecule has 0 radical (unpaired) electrons. The van der Waals surface area contributed by atoms with Crippen molar-refractivity contribution in [2.45, 2.75) is 19.9 Å². The van der Waals surface area contributed by atoms with Crippen LogP contribution in [0.4, 0.5) is 0 Å². The highest BCUT2D eigenvalue weighted by Crippen LogP contribution is 2.30. The Balaban J connectivity index is 2.17. The van der Waals surface area contributed by atoms with E-state index in [0.717, 1.165) is 17.7 Å². The van der Waals surface area contributed by atoms with Crippen LogP contribution in [-0.4, -0.2) is 11.5 Å². The van der Waals surface area contributed by atoms with Crippen LogP contribution in [0, 0.1) is 6.92 Å². The van der Waals surface area contributed by atoms with Gasteiger partial charge in [0.25, 0.3) is 0 Å². The second-order valence-electron chi connectivity index (χ2n) is 4.90. The maximum absolute atomic E-state index is 5.70. The summed E-state index contributed by atoms with van der Waals surface area (Å²) in [4.78, 5) is 4.20. The molecule has 0 aliphatic heterocycles. The average molecular weight is 266 g/mol.